The number of halogens is 1. The first-order chi connectivity index (χ1) is 8.26. The Morgan fingerprint density at radius 3 is 2.83 bits per heavy atom. The number of hydrogen-bond acceptors (Lipinski definition) is 5. The number of nitrogens with two attached hydrogens (primary N) is 1. The van der Waals surface area contributed by atoms with Crippen LogP contribution in [0.1, 0.15) is 43.8 Å². The lowest BCUT2D eigenvalue weighted by Gasteiger charge is -2.34. The third-order valence-electron chi connectivity index (χ3n) is 3.95. The van der Waals surface area contributed by atoms with Gasteiger partial charge in [-0.25, -0.2) is 0 Å². The molecule has 2 N–H and O–H groups in total. The lowest BCUT2D eigenvalue weighted by molar-refractivity contribution is 0.183. The fraction of sp³-hybridized carbons (Fsp3) is 0.833. The van der Waals surface area contributed by atoms with E-state index >= 15 is 0 Å². The number of aryl methyl sites for hydroxylation is 1. The molecule has 1 saturated carbocycles. The van der Waals surface area contributed by atoms with Gasteiger partial charge in [0.2, 0.25) is 5.89 Å². The van der Waals surface area contributed by atoms with Crippen molar-refractivity contribution < 1.29 is 9.26 Å². The molecule has 6 heteroatoms. The molecule has 2 fully saturated rings. The van der Waals surface area contributed by atoms with Crippen molar-refractivity contribution >= 4 is 12.4 Å². The molecule has 0 amide bonds. The van der Waals surface area contributed by atoms with Crippen molar-refractivity contribution in [3.8, 4) is 0 Å². The Kier molecular flexibility index (Phi) is 4.25. The van der Waals surface area contributed by atoms with Crippen LogP contribution in [-0.2, 0) is 16.7 Å². The van der Waals surface area contributed by atoms with Gasteiger partial charge in [-0.2, -0.15) is 4.98 Å². The summed E-state index contributed by atoms with van der Waals surface area (Å²) in [4.78, 5) is 4.42. The molecule has 0 aromatic carbocycles. The molecule has 1 atom stereocenters. The van der Waals surface area contributed by atoms with E-state index in [0.717, 1.165) is 51.2 Å². The maximum absolute atomic E-state index is 6.15. The number of rotatable bonds is 4. The molecule has 5 nitrogen and oxygen atoms in total. The van der Waals surface area contributed by atoms with Gasteiger partial charge < -0.3 is 15.0 Å². The van der Waals surface area contributed by atoms with Gasteiger partial charge in [-0.3, -0.25) is 0 Å². The quantitative estimate of drug-likeness (QED) is 0.905. The van der Waals surface area contributed by atoms with E-state index in [1.807, 2.05) is 0 Å². The summed E-state index contributed by atoms with van der Waals surface area (Å²) in [5, 5.41) is 4.01. The molecular formula is C12H20ClN3O2. The zero-order valence-electron chi connectivity index (χ0n) is 10.4. The van der Waals surface area contributed by atoms with Crippen molar-refractivity contribution in [3.05, 3.63) is 11.7 Å². The lowest BCUT2D eigenvalue weighted by atomic mass is 9.77. The van der Waals surface area contributed by atoms with Gasteiger partial charge in [0.15, 0.2) is 5.82 Å². The number of nitrogens with zero attached hydrogens (tertiary/aromatic N) is 2. The van der Waals surface area contributed by atoms with Crippen LogP contribution in [0, 0.1) is 5.92 Å². The molecule has 3 rings (SSSR count). The molecule has 2 aliphatic rings. The Labute approximate surface area is 113 Å². The van der Waals surface area contributed by atoms with Crippen LogP contribution in [0.2, 0.25) is 0 Å². The second-order valence-corrected chi connectivity index (χ2v) is 5.29. The zero-order chi connectivity index (χ0) is 11.7. The fourth-order valence-corrected chi connectivity index (χ4v) is 2.48. The van der Waals surface area contributed by atoms with Gasteiger partial charge in [0, 0.05) is 19.6 Å². The first-order valence-corrected chi connectivity index (χ1v) is 6.46. The standard InChI is InChI=1S/C12H19N3O2.ClH/c13-12(5-1-6-12)11-14-10(17-15-11)3-2-9-4-7-16-8-9;/h9H,1-8,13H2;1H. The summed E-state index contributed by atoms with van der Waals surface area (Å²) in [6.45, 7) is 1.77. The van der Waals surface area contributed by atoms with Gasteiger partial charge in [-0.1, -0.05) is 5.16 Å². The predicted octanol–water partition coefficient (Wildman–Crippen LogP) is 1.80. The fourth-order valence-electron chi connectivity index (χ4n) is 2.48. The van der Waals surface area contributed by atoms with Crippen molar-refractivity contribution in [2.24, 2.45) is 11.7 Å². The van der Waals surface area contributed by atoms with Crippen LogP contribution in [0.5, 0.6) is 0 Å². The van der Waals surface area contributed by atoms with Crippen LogP contribution < -0.4 is 5.73 Å². The molecule has 0 radical (unpaired) electrons. The van der Waals surface area contributed by atoms with Gasteiger partial charge in [0.05, 0.1) is 5.54 Å². The van der Waals surface area contributed by atoms with Gasteiger partial charge in [-0.15, -0.1) is 12.4 Å². The van der Waals surface area contributed by atoms with Crippen molar-refractivity contribution in [1.29, 1.82) is 0 Å². The summed E-state index contributed by atoms with van der Waals surface area (Å²) in [6, 6.07) is 0. The third kappa shape index (κ3) is 2.68. The molecule has 0 spiro atoms. The number of hydrogen-bond donors (Lipinski definition) is 1. The van der Waals surface area contributed by atoms with Crippen LogP contribution >= 0.6 is 12.4 Å². The zero-order valence-corrected chi connectivity index (χ0v) is 11.2. The van der Waals surface area contributed by atoms with Gasteiger partial charge in [0.25, 0.3) is 0 Å². The Balaban J connectivity index is 0.00000120. The summed E-state index contributed by atoms with van der Waals surface area (Å²) < 4.78 is 10.6. The Morgan fingerprint density at radius 1 is 1.39 bits per heavy atom. The monoisotopic (exact) mass is 273 g/mol. The SMILES string of the molecule is Cl.NC1(c2noc(CCC3CCOC3)n2)CCC1. The number of ether oxygens (including phenoxy) is 1. The maximum atomic E-state index is 6.15. The Hall–Kier alpha value is -0.650. The minimum atomic E-state index is -0.307. The number of aromatic nitrogens is 2. The van der Waals surface area contributed by atoms with Crippen LogP contribution in [0.3, 0.4) is 0 Å². The van der Waals surface area contributed by atoms with Crippen molar-refractivity contribution in [2.45, 2.75) is 44.1 Å². The average Bonchev–Trinajstić information content (AvgIpc) is 2.94. The highest BCUT2D eigenvalue weighted by Gasteiger charge is 2.38. The van der Waals surface area contributed by atoms with Crippen molar-refractivity contribution in [1.82, 2.24) is 10.1 Å². The molecule has 1 unspecified atom stereocenters. The minimum Gasteiger partial charge on any atom is -0.381 e. The summed E-state index contributed by atoms with van der Waals surface area (Å²) in [5.41, 5.74) is 5.84. The van der Waals surface area contributed by atoms with E-state index in [0.29, 0.717) is 11.7 Å². The van der Waals surface area contributed by atoms with E-state index in [2.05, 4.69) is 10.1 Å². The van der Waals surface area contributed by atoms with Crippen LogP contribution in [0.25, 0.3) is 0 Å². The molecule has 1 aliphatic heterocycles. The Morgan fingerprint density at radius 2 is 2.22 bits per heavy atom. The lowest BCUT2D eigenvalue weighted by Crippen LogP contribution is -2.44. The van der Waals surface area contributed by atoms with E-state index in [1.165, 1.54) is 6.42 Å². The minimum absolute atomic E-state index is 0. The summed E-state index contributed by atoms with van der Waals surface area (Å²) in [6.07, 6.45) is 6.18. The molecule has 1 aromatic heterocycles. The van der Waals surface area contributed by atoms with Crippen LogP contribution in [0.15, 0.2) is 4.52 Å². The van der Waals surface area contributed by atoms with Gasteiger partial charge in [0.1, 0.15) is 0 Å². The Bertz CT molecular complexity index is 386. The topological polar surface area (TPSA) is 74.2 Å². The smallest absolute Gasteiger partial charge is 0.226 e. The first kappa shape index (κ1) is 13.8. The highest BCUT2D eigenvalue weighted by atomic mass is 35.5. The molecular weight excluding hydrogens is 254 g/mol. The van der Waals surface area contributed by atoms with E-state index in [4.69, 9.17) is 15.0 Å². The molecule has 1 saturated heterocycles. The first-order valence-electron chi connectivity index (χ1n) is 6.46. The van der Waals surface area contributed by atoms with Crippen molar-refractivity contribution in [2.75, 3.05) is 13.2 Å². The van der Waals surface area contributed by atoms with E-state index in [-0.39, 0.29) is 17.9 Å². The highest BCUT2D eigenvalue weighted by molar-refractivity contribution is 5.85. The highest BCUT2D eigenvalue weighted by Crippen LogP contribution is 2.36. The maximum Gasteiger partial charge on any atom is 0.226 e. The van der Waals surface area contributed by atoms with E-state index in [1.54, 1.807) is 0 Å². The third-order valence-corrected chi connectivity index (χ3v) is 3.95. The molecule has 1 aliphatic carbocycles. The van der Waals surface area contributed by atoms with E-state index in [9.17, 15) is 0 Å². The summed E-state index contributed by atoms with van der Waals surface area (Å²) >= 11 is 0. The summed E-state index contributed by atoms with van der Waals surface area (Å²) in [5.74, 6) is 2.07. The van der Waals surface area contributed by atoms with Gasteiger partial charge >= 0.3 is 0 Å². The summed E-state index contributed by atoms with van der Waals surface area (Å²) in [7, 11) is 0. The van der Waals surface area contributed by atoms with Gasteiger partial charge in [-0.05, 0) is 38.0 Å². The second kappa shape index (κ2) is 5.55. The predicted molar refractivity (Wildman–Crippen MR) is 68.5 cm³/mol. The normalized spacial score (nSPS) is 25.5. The molecule has 1 aromatic rings. The molecule has 2 heterocycles. The largest absolute Gasteiger partial charge is 0.381 e. The van der Waals surface area contributed by atoms with E-state index < -0.39 is 0 Å². The molecule has 0 bridgehead atoms. The van der Waals surface area contributed by atoms with Crippen LogP contribution in [-0.4, -0.2) is 23.4 Å². The molecule has 18 heavy (non-hydrogen) atoms. The average molecular weight is 274 g/mol. The molecule has 102 valence electrons. The second-order valence-electron chi connectivity index (χ2n) is 5.29. The van der Waals surface area contributed by atoms with Crippen molar-refractivity contribution in [3.63, 3.8) is 0 Å². The van der Waals surface area contributed by atoms with Crippen LogP contribution in [0.4, 0.5) is 0 Å².